The molecular weight excluding hydrogens is 349 g/mol. The van der Waals surface area contributed by atoms with Crippen molar-refractivity contribution in [2.24, 2.45) is 5.92 Å². The van der Waals surface area contributed by atoms with Gasteiger partial charge in [-0.1, -0.05) is 17.7 Å². The Morgan fingerprint density at radius 3 is 2.77 bits per heavy atom. The number of nitrogens with one attached hydrogen (secondary N) is 3. The van der Waals surface area contributed by atoms with Gasteiger partial charge in [0.15, 0.2) is 0 Å². The van der Waals surface area contributed by atoms with E-state index < -0.39 is 10.0 Å². The van der Waals surface area contributed by atoms with Crippen LogP contribution >= 0.6 is 24.0 Å². The third kappa shape index (κ3) is 5.40. The molecule has 9 heteroatoms. The summed E-state index contributed by atoms with van der Waals surface area (Å²) < 4.78 is 26.4. The van der Waals surface area contributed by atoms with Crippen molar-refractivity contribution in [2.45, 2.75) is 11.3 Å². The van der Waals surface area contributed by atoms with Gasteiger partial charge in [0.05, 0.1) is 10.8 Å². The van der Waals surface area contributed by atoms with Gasteiger partial charge in [-0.05, 0) is 31.2 Å². The molecule has 0 spiro atoms. The first-order valence-electron chi connectivity index (χ1n) is 6.73. The molecule has 1 aliphatic heterocycles. The first-order chi connectivity index (χ1) is 9.99. The molecule has 0 saturated carbocycles. The Bertz CT molecular complexity index is 604. The second-order valence-corrected chi connectivity index (χ2v) is 7.04. The first kappa shape index (κ1) is 19.2. The van der Waals surface area contributed by atoms with Gasteiger partial charge in [0, 0.05) is 24.7 Å². The van der Waals surface area contributed by atoms with Crippen molar-refractivity contribution < 1.29 is 13.2 Å². The zero-order chi connectivity index (χ0) is 15.3. The fourth-order valence-corrected chi connectivity index (χ4v) is 3.44. The highest BCUT2D eigenvalue weighted by Gasteiger charge is 2.22. The third-order valence-corrected chi connectivity index (χ3v) is 4.95. The van der Waals surface area contributed by atoms with E-state index in [4.69, 9.17) is 11.6 Å². The van der Waals surface area contributed by atoms with E-state index in [9.17, 15) is 13.2 Å². The van der Waals surface area contributed by atoms with Crippen LogP contribution in [0.3, 0.4) is 0 Å². The summed E-state index contributed by atoms with van der Waals surface area (Å²) in [5.41, 5.74) is 0. The van der Waals surface area contributed by atoms with Crippen LogP contribution in [0.25, 0.3) is 0 Å². The van der Waals surface area contributed by atoms with Crippen LogP contribution in [0.5, 0.6) is 0 Å². The predicted molar refractivity (Wildman–Crippen MR) is 87.9 cm³/mol. The predicted octanol–water partition coefficient (Wildman–Crippen LogP) is 0.766. The summed E-state index contributed by atoms with van der Waals surface area (Å²) in [4.78, 5) is 11.9. The van der Waals surface area contributed by atoms with Crippen molar-refractivity contribution in [3.8, 4) is 0 Å². The number of sulfonamides is 1. The lowest BCUT2D eigenvalue weighted by molar-refractivity contribution is -0.124. The summed E-state index contributed by atoms with van der Waals surface area (Å²) in [7, 11) is -3.60. The SMILES string of the molecule is Cl.O=C(NCCNS(=O)(=O)c1cccc(Cl)c1)C1CCNC1. The summed E-state index contributed by atoms with van der Waals surface area (Å²) in [5, 5.41) is 6.20. The number of rotatable bonds is 6. The van der Waals surface area contributed by atoms with Crippen molar-refractivity contribution in [1.29, 1.82) is 0 Å². The van der Waals surface area contributed by atoms with E-state index in [2.05, 4.69) is 15.4 Å². The molecule has 1 heterocycles. The third-order valence-electron chi connectivity index (χ3n) is 3.25. The fourth-order valence-electron chi connectivity index (χ4n) is 2.11. The molecule has 0 radical (unpaired) electrons. The molecule has 0 aromatic heterocycles. The fraction of sp³-hybridized carbons (Fsp3) is 0.462. The van der Waals surface area contributed by atoms with E-state index in [1.54, 1.807) is 12.1 Å². The number of benzene rings is 1. The maximum atomic E-state index is 12.0. The number of carbonyl (C=O) groups excluding carboxylic acids is 1. The average molecular weight is 368 g/mol. The van der Waals surface area contributed by atoms with Gasteiger partial charge in [0.1, 0.15) is 0 Å². The minimum Gasteiger partial charge on any atom is -0.355 e. The maximum absolute atomic E-state index is 12.0. The second kappa shape index (κ2) is 8.69. The Kier molecular flexibility index (Phi) is 7.58. The lowest BCUT2D eigenvalue weighted by Gasteiger charge is -2.11. The van der Waals surface area contributed by atoms with Gasteiger partial charge in [-0.15, -0.1) is 12.4 Å². The smallest absolute Gasteiger partial charge is 0.240 e. The van der Waals surface area contributed by atoms with Gasteiger partial charge in [-0.25, -0.2) is 13.1 Å². The summed E-state index contributed by atoms with van der Waals surface area (Å²) in [6, 6.07) is 6.03. The Morgan fingerprint density at radius 1 is 1.36 bits per heavy atom. The molecule has 124 valence electrons. The van der Waals surface area contributed by atoms with Crippen LogP contribution < -0.4 is 15.4 Å². The van der Waals surface area contributed by atoms with Gasteiger partial charge in [0.25, 0.3) is 0 Å². The lowest BCUT2D eigenvalue weighted by atomic mass is 10.1. The normalized spacial score (nSPS) is 17.8. The zero-order valence-corrected chi connectivity index (χ0v) is 14.2. The Labute approximate surface area is 141 Å². The van der Waals surface area contributed by atoms with E-state index in [1.807, 2.05) is 0 Å². The van der Waals surface area contributed by atoms with Gasteiger partial charge in [0.2, 0.25) is 15.9 Å². The Balaban J connectivity index is 0.00000242. The minimum atomic E-state index is -3.60. The van der Waals surface area contributed by atoms with Crippen molar-refractivity contribution >= 4 is 39.9 Å². The van der Waals surface area contributed by atoms with E-state index in [1.165, 1.54) is 12.1 Å². The van der Waals surface area contributed by atoms with Crippen LogP contribution in [-0.4, -0.2) is 40.5 Å². The molecule has 3 N–H and O–H groups in total. The highest BCUT2D eigenvalue weighted by molar-refractivity contribution is 7.89. The summed E-state index contributed by atoms with van der Waals surface area (Å²) >= 11 is 5.77. The quantitative estimate of drug-likeness (QED) is 0.648. The van der Waals surface area contributed by atoms with Crippen LogP contribution in [0, 0.1) is 5.92 Å². The Morgan fingerprint density at radius 2 is 2.14 bits per heavy atom. The summed E-state index contributed by atoms with van der Waals surface area (Å²) in [6.07, 6.45) is 0.820. The van der Waals surface area contributed by atoms with Gasteiger partial charge in [-0.2, -0.15) is 0 Å². The topological polar surface area (TPSA) is 87.3 Å². The Hall–Kier alpha value is -0.860. The van der Waals surface area contributed by atoms with Crippen LogP contribution in [0.2, 0.25) is 5.02 Å². The van der Waals surface area contributed by atoms with Crippen molar-refractivity contribution in [3.05, 3.63) is 29.3 Å². The largest absolute Gasteiger partial charge is 0.355 e. The second-order valence-electron chi connectivity index (χ2n) is 4.84. The number of carbonyl (C=O) groups is 1. The molecule has 22 heavy (non-hydrogen) atoms. The molecule has 6 nitrogen and oxygen atoms in total. The monoisotopic (exact) mass is 367 g/mol. The van der Waals surface area contributed by atoms with Gasteiger partial charge < -0.3 is 10.6 Å². The van der Waals surface area contributed by atoms with Crippen LogP contribution in [0.15, 0.2) is 29.2 Å². The van der Waals surface area contributed by atoms with E-state index in [0.717, 1.165) is 13.0 Å². The van der Waals surface area contributed by atoms with Gasteiger partial charge >= 0.3 is 0 Å². The van der Waals surface area contributed by atoms with Crippen LogP contribution in [0.4, 0.5) is 0 Å². The highest BCUT2D eigenvalue weighted by Crippen LogP contribution is 2.14. The van der Waals surface area contributed by atoms with Crippen molar-refractivity contribution in [1.82, 2.24) is 15.4 Å². The number of halogens is 2. The standard InChI is InChI=1S/C13H18ClN3O3S.ClH/c14-11-2-1-3-12(8-11)21(19,20)17-7-6-16-13(18)10-4-5-15-9-10;/h1-3,8,10,15,17H,4-7,9H2,(H,16,18);1H. The van der Waals surface area contributed by atoms with Crippen LogP contribution in [0.1, 0.15) is 6.42 Å². The van der Waals surface area contributed by atoms with E-state index in [0.29, 0.717) is 11.6 Å². The highest BCUT2D eigenvalue weighted by atomic mass is 35.5. The molecule has 0 bridgehead atoms. The lowest BCUT2D eigenvalue weighted by Crippen LogP contribution is -2.38. The molecule has 1 aromatic carbocycles. The summed E-state index contributed by atoms with van der Waals surface area (Å²) in [6.45, 7) is 1.93. The maximum Gasteiger partial charge on any atom is 0.240 e. The van der Waals surface area contributed by atoms with E-state index >= 15 is 0 Å². The molecule has 0 aliphatic carbocycles. The molecule has 1 fully saturated rings. The number of amides is 1. The molecule has 2 rings (SSSR count). The molecular formula is C13H19Cl2N3O3S. The van der Waals surface area contributed by atoms with Gasteiger partial charge in [-0.3, -0.25) is 4.79 Å². The first-order valence-corrected chi connectivity index (χ1v) is 8.59. The minimum absolute atomic E-state index is 0. The molecule has 1 saturated heterocycles. The van der Waals surface area contributed by atoms with Crippen molar-refractivity contribution in [2.75, 3.05) is 26.2 Å². The number of hydrogen-bond donors (Lipinski definition) is 3. The van der Waals surface area contributed by atoms with Crippen molar-refractivity contribution in [3.63, 3.8) is 0 Å². The molecule has 1 amide bonds. The molecule has 1 aromatic rings. The van der Waals surface area contributed by atoms with E-state index in [-0.39, 0.29) is 42.2 Å². The van der Waals surface area contributed by atoms with Crippen LogP contribution in [-0.2, 0) is 14.8 Å². The average Bonchev–Trinajstić information content (AvgIpc) is 2.97. The number of hydrogen-bond acceptors (Lipinski definition) is 4. The molecule has 1 unspecified atom stereocenters. The zero-order valence-electron chi connectivity index (χ0n) is 11.8. The molecule has 1 aliphatic rings. The summed E-state index contributed by atoms with van der Waals surface area (Å²) in [5.74, 6) is -0.0588. The molecule has 1 atom stereocenters.